The van der Waals surface area contributed by atoms with Gasteiger partial charge in [0.25, 0.3) is 5.56 Å². The van der Waals surface area contributed by atoms with Gasteiger partial charge in [-0.15, -0.1) is 0 Å². The second kappa shape index (κ2) is 10.2. The molecular weight excluding hydrogens is 473 g/mol. The van der Waals surface area contributed by atoms with E-state index in [0.717, 1.165) is 55.3 Å². The van der Waals surface area contributed by atoms with Crippen LogP contribution in [0.1, 0.15) is 32.6 Å². The third-order valence-corrected chi connectivity index (χ3v) is 7.39. The number of nitrogens with one attached hydrogen (secondary N) is 1. The standard InChI is InChI=1S/C21H23ClFN5O2S2/c1-2-8-28-19(30)17-18(25-20(32-17)27-9-4-3-5-10-27)26-21(28)31-12-16(29)24-15-7-6-13(22)11-14(15)23/h6-7,11H,2-5,8-10,12H2,1H3,(H,24,29). The van der Waals surface area contributed by atoms with Crippen LogP contribution in [0.2, 0.25) is 5.02 Å². The number of thiazole rings is 1. The van der Waals surface area contributed by atoms with Gasteiger partial charge in [0.15, 0.2) is 15.9 Å². The van der Waals surface area contributed by atoms with Gasteiger partial charge < -0.3 is 10.2 Å². The Kier molecular flexibility index (Phi) is 7.32. The Balaban J connectivity index is 1.55. The van der Waals surface area contributed by atoms with Gasteiger partial charge in [-0.05, 0) is 43.9 Å². The number of carbonyl (C=O) groups excluding carboxylic acids is 1. The summed E-state index contributed by atoms with van der Waals surface area (Å²) in [5, 5.41) is 4.04. The van der Waals surface area contributed by atoms with Crippen molar-refractivity contribution in [2.75, 3.05) is 29.1 Å². The normalized spacial score (nSPS) is 14.2. The van der Waals surface area contributed by atoms with Crippen molar-refractivity contribution >= 4 is 61.8 Å². The molecule has 1 fully saturated rings. The fourth-order valence-corrected chi connectivity index (χ4v) is 5.51. The van der Waals surface area contributed by atoms with Crippen molar-refractivity contribution in [1.29, 1.82) is 0 Å². The molecular formula is C21H23ClFN5O2S2. The van der Waals surface area contributed by atoms with E-state index in [1.807, 2.05) is 6.92 Å². The average molecular weight is 496 g/mol. The molecule has 1 N–H and O–H groups in total. The highest BCUT2D eigenvalue weighted by molar-refractivity contribution is 7.99. The van der Waals surface area contributed by atoms with E-state index < -0.39 is 11.7 Å². The molecule has 3 aromatic rings. The number of aromatic nitrogens is 3. The molecule has 4 rings (SSSR count). The molecule has 2 aromatic heterocycles. The van der Waals surface area contributed by atoms with Gasteiger partial charge in [0, 0.05) is 24.7 Å². The topological polar surface area (TPSA) is 80.1 Å². The van der Waals surface area contributed by atoms with Crippen LogP contribution in [0.3, 0.4) is 0 Å². The van der Waals surface area contributed by atoms with Gasteiger partial charge >= 0.3 is 0 Å². The molecule has 7 nitrogen and oxygen atoms in total. The Bertz CT molecular complexity index is 1190. The van der Waals surface area contributed by atoms with Crippen molar-refractivity contribution in [2.24, 2.45) is 0 Å². The summed E-state index contributed by atoms with van der Waals surface area (Å²) in [7, 11) is 0. The third kappa shape index (κ3) is 5.07. The number of halogens is 2. The summed E-state index contributed by atoms with van der Waals surface area (Å²) in [6.45, 7) is 4.35. The van der Waals surface area contributed by atoms with E-state index in [4.69, 9.17) is 11.6 Å². The molecule has 0 radical (unpaired) electrons. The fourth-order valence-electron chi connectivity index (χ4n) is 3.54. The second-order valence-corrected chi connectivity index (χ2v) is 9.87. The van der Waals surface area contributed by atoms with Crippen LogP contribution in [0.15, 0.2) is 28.2 Å². The summed E-state index contributed by atoms with van der Waals surface area (Å²) >= 11 is 8.28. The van der Waals surface area contributed by atoms with Crippen molar-refractivity contribution < 1.29 is 9.18 Å². The molecule has 1 amide bonds. The smallest absolute Gasteiger partial charge is 0.273 e. The van der Waals surface area contributed by atoms with Gasteiger partial charge in [0.1, 0.15) is 10.5 Å². The summed E-state index contributed by atoms with van der Waals surface area (Å²) in [6, 6.07) is 4.06. The van der Waals surface area contributed by atoms with E-state index in [1.54, 1.807) is 4.57 Å². The molecule has 1 saturated heterocycles. The van der Waals surface area contributed by atoms with Gasteiger partial charge in [-0.3, -0.25) is 14.2 Å². The summed E-state index contributed by atoms with van der Waals surface area (Å²) in [5.41, 5.74) is 0.337. The fraction of sp³-hybridized carbons (Fsp3) is 0.429. The number of rotatable bonds is 7. The van der Waals surface area contributed by atoms with Crippen molar-refractivity contribution in [1.82, 2.24) is 14.5 Å². The number of hydrogen-bond acceptors (Lipinski definition) is 7. The molecule has 1 aliphatic heterocycles. The highest BCUT2D eigenvalue weighted by atomic mass is 35.5. The molecule has 3 heterocycles. The minimum atomic E-state index is -0.606. The molecule has 11 heteroatoms. The van der Waals surface area contributed by atoms with Crippen LogP contribution in [-0.2, 0) is 11.3 Å². The number of carbonyl (C=O) groups is 1. The number of thioether (sulfide) groups is 1. The molecule has 1 aromatic carbocycles. The zero-order chi connectivity index (χ0) is 22.7. The average Bonchev–Trinajstić information content (AvgIpc) is 3.22. The minimum Gasteiger partial charge on any atom is -0.348 e. The van der Waals surface area contributed by atoms with Crippen molar-refractivity contribution in [3.05, 3.63) is 39.4 Å². The number of amides is 1. The maximum absolute atomic E-state index is 13.9. The summed E-state index contributed by atoms with van der Waals surface area (Å²) in [6.07, 6.45) is 4.20. The quantitative estimate of drug-likeness (QED) is 0.375. The molecule has 1 aliphatic rings. The monoisotopic (exact) mass is 495 g/mol. The summed E-state index contributed by atoms with van der Waals surface area (Å²) < 4.78 is 16.1. The van der Waals surface area contributed by atoms with E-state index in [9.17, 15) is 14.0 Å². The van der Waals surface area contributed by atoms with Crippen LogP contribution in [-0.4, -0.2) is 39.3 Å². The Labute approximate surface area is 198 Å². The predicted octanol–water partition coefficient (Wildman–Crippen LogP) is 4.78. The maximum atomic E-state index is 13.9. The lowest BCUT2D eigenvalue weighted by atomic mass is 10.1. The Morgan fingerprint density at radius 3 is 2.78 bits per heavy atom. The maximum Gasteiger partial charge on any atom is 0.273 e. The van der Waals surface area contributed by atoms with Crippen LogP contribution in [0, 0.1) is 5.82 Å². The van der Waals surface area contributed by atoms with E-state index >= 15 is 0 Å². The third-order valence-electron chi connectivity index (χ3n) is 5.08. The van der Waals surface area contributed by atoms with E-state index in [1.165, 1.54) is 29.9 Å². The number of fused-ring (bicyclic) bond motifs is 1. The first-order chi connectivity index (χ1) is 15.5. The Morgan fingerprint density at radius 2 is 2.06 bits per heavy atom. The first kappa shape index (κ1) is 23.0. The van der Waals surface area contributed by atoms with Gasteiger partial charge in [-0.1, -0.05) is 41.6 Å². The van der Waals surface area contributed by atoms with Crippen LogP contribution < -0.4 is 15.8 Å². The zero-order valence-corrected chi connectivity index (χ0v) is 20.0. The van der Waals surface area contributed by atoms with Crippen molar-refractivity contribution in [3.63, 3.8) is 0 Å². The molecule has 0 unspecified atom stereocenters. The summed E-state index contributed by atoms with van der Waals surface area (Å²) in [5.74, 6) is -1.03. The first-order valence-corrected chi connectivity index (χ1v) is 12.7. The zero-order valence-electron chi connectivity index (χ0n) is 17.6. The van der Waals surface area contributed by atoms with Crippen LogP contribution >= 0.6 is 34.7 Å². The number of hydrogen-bond donors (Lipinski definition) is 1. The first-order valence-electron chi connectivity index (χ1n) is 10.5. The predicted molar refractivity (Wildman–Crippen MR) is 129 cm³/mol. The number of piperidine rings is 1. The molecule has 170 valence electrons. The number of nitrogens with zero attached hydrogens (tertiary/aromatic N) is 4. The number of benzene rings is 1. The SMILES string of the molecule is CCCn1c(SCC(=O)Nc2ccc(Cl)cc2F)nc2nc(N3CCCCC3)sc2c1=O. The van der Waals surface area contributed by atoms with E-state index in [0.29, 0.717) is 22.0 Å². The van der Waals surface area contributed by atoms with Crippen molar-refractivity contribution in [3.8, 4) is 0 Å². The van der Waals surface area contributed by atoms with Gasteiger partial charge in [-0.25, -0.2) is 9.37 Å². The highest BCUT2D eigenvalue weighted by Crippen LogP contribution is 2.29. The molecule has 0 spiro atoms. The van der Waals surface area contributed by atoms with E-state index in [-0.39, 0.29) is 22.0 Å². The molecule has 32 heavy (non-hydrogen) atoms. The molecule has 0 saturated carbocycles. The minimum absolute atomic E-state index is 0.0210. The Morgan fingerprint density at radius 1 is 1.28 bits per heavy atom. The highest BCUT2D eigenvalue weighted by Gasteiger charge is 2.20. The van der Waals surface area contributed by atoms with Gasteiger partial charge in [-0.2, -0.15) is 4.98 Å². The summed E-state index contributed by atoms with van der Waals surface area (Å²) in [4.78, 5) is 37.0. The van der Waals surface area contributed by atoms with Gasteiger partial charge in [0.2, 0.25) is 5.91 Å². The molecule has 0 aliphatic carbocycles. The van der Waals surface area contributed by atoms with Crippen LogP contribution in [0.4, 0.5) is 15.2 Å². The van der Waals surface area contributed by atoms with E-state index in [2.05, 4.69) is 20.2 Å². The van der Waals surface area contributed by atoms with Crippen molar-refractivity contribution in [2.45, 2.75) is 44.3 Å². The number of anilines is 2. The largest absolute Gasteiger partial charge is 0.348 e. The lowest BCUT2D eigenvalue weighted by molar-refractivity contribution is -0.113. The molecule has 0 bridgehead atoms. The van der Waals surface area contributed by atoms with Gasteiger partial charge in [0.05, 0.1) is 11.4 Å². The Hall–Kier alpha value is -2.17. The molecule has 0 atom stereocenters. The second-order valence-electron chi connectivity index (χ2n) is 7.51. The lowest BCUT2D eigenvalue weighted by Gasteiger charge is -2.25. The van der Waals surface area contributed by atoms with Crippen LogP contribution in [0.25, 0.3) is 10.3 Å². The van der Waals surface area contributed by atoms with Crippen LogP contribution in [0.5, 0.6) is 0 Å². The lowest BCUT2D eigenvalue weighted by Crippen LogP contribution is -2.29.